The molecule has 0 radical (unpaired) electrons. The van der Waals surface area contributed by atoms with Crippen LogP contribution in [0.15, 0.2) is 54.6 Å². The summed E-state index contributed by atoms with van der Waals surface area (Å²) < 4.78 is 39.1. The Bertz CT molecular complexity index is 1350. The maximum atomic E-state index is 14.7. The number of nitrogens with zero attached hydrogens (tertiary/aromatic N) is 3. The first-order valence-corrected chi connectivity index (χ1v) is 14.1. The molecular formula is C31H34F2N4O3. The number of anilines is 1. The number of nitrogens with one attached hydrogen (secondary N) is 1. The summed E-state index contributed by atoms with van der Waals surface area (Å²) in [4.78, 5) is 22.8. The van der Waals surface area contributed by atoms with Crippen molar-refractivity contribution in [1.29, 1.82) is 0 Å². The standard InChI is InChI=1S/C31H34F2N4O3/c32-24-8-6-22(7-9-24)27-4-3-5-29(35-27)37-13-10-23(19-37)31(38)34-25(20-36-11-1-2-12-36)16-21-17-26(33)30-28(18-21)39-14-15-40-30/h3-9,17-18,23,25H,1-2,10-16,19-20H2,(H,34,38). The fourth-order valence-electron chi connectivity index (χ4n) is 5.89. The Morgan fingerprint density at radius 3 is 2.65 bits per heavy atom. The molecule has 2 atom stereocenters. The second kappa shape index (κ2) is 11.8. The number of halogens is 2. The third-order valence-electron chi connectivity index (χ3n) is 7.92. The van der Waals surface area contributed by atoms with Crippen LogP contribution in [0, 0.1) is 17.6 Å². The van der Waals surface area contributed by atoms with Crippen LogP contribution in [-0.2, 0) is 11.2 Å². The van der Waals surface area contributed by atoms with Crippen LogP contribution in [0.25, 0.3) is 11.3 Å². The summed E-state index contributed by atoms with van der Waals surface area (Å²) in [7, 11) is 0. The van der Waals surface area contributed by atoms with E-state index in [1.807, 2.05) is 24.3 Å². The van der Waals surface area contributed by atoms with E-state index >= 15 is 0 Å². The van der Waals surface area contributed by atoms with Crippen LogP contribution in [0.3, 0.4) is 0 Å². The molecule has 2 aromatic carbocycles. The highest BCUT2D eigenvalue weighted by Crippen LogP contribution is 2.34. The average Bonchev–Trinajstić information content (AvgIpc) is 3.67. The third kappa shape index (κ3) is 6.04. The quantitative estimate of drug-likeness (QED) is 0.449. The smallest absolute Gasteiger partial charge is 0.225 e. The molecule has 4 heterocycles. The Hall–Kier alpha value is -3.72. The molecule has 0 bridgehead atoms. The Kier molecular flexibility index (Phi) is 7.82. The van der Waals surface area contributed by atoms with Gasteiger partial charge in [-0.05, 0) is 92.9 Å². The molecule has 0 spiro atoms. The number of likely N-dealkylation sites (tertiary alicyclic amines) is 1. The van der Waals surface area contributed by atoms with Gasteiger partial charge in [0, 0.05) is 31.2 Å². The van der Waals surface area contributed by atoms with Crippen LogP contribution in [0.2, 0.25) is 0 Å². The molecule has 1 amide bonds. The highest BCUT2D eigenvalue weighted by molar-refractivity contribution is 5.80. The number of aromatic nitrogens is 1. The highest BCUT2D eigenvalue weighted by atomic mass is 19.1. The van der Waals surface area contributed by atoms with Gasteiger partial charge in [0.1, 0.15) is 24.8 Å². The van der Waals surface area contributed by atoms with E-state index in [-0.39, 0.29) is 29.4 Å². The first-order chi connectivity index (χ1) is 19.5. The van der Waals surface area contributed by atoms with E-state index in [0.29, 0.717) is 31.9 Å². The van der Waals surface area contributed by atoms with Gasteiger partial charge in [0.05, 0.1) is 11.6 Å². The van der Waals surface area contributed by atoms with Gasteiger partial charge < -0.3 is 24.6 Å². The molecule has 40 heavy (non-hydrogen) atoms. The van der Waals surface area contributed by atoms with E-state index < -0.39 is 5.82 Å². The molecule has 1 aromatic heterocycles. The molecule has 2 saturated heterocycles. The molecule has 9 heteroatoms. The molecular weight excluding hydrogens is 514 g/mol. The van der Waals surface area contributed by atoms with Gasteiger partial charge in [0.15, 0.2) is 17.3 Å². The number of rotatable bonds is 8. The minimum atomic E-state index is -0.430. The number of hydrogen-bond donors (Lipinski definition) is 1. The summed E-state index contributed by atoms with van der Waals surface area (Å²) in [6.07, 6.45) is 3.54. The van der Waals surface area contributed by atoms with Gasteiger partial charge in [-0.1, -0.05) is 6.07 Å². The lowest BCUT2D eigenvalue weighted by molar-refractivity contribution is -0.125. The monoisotopic (exact) mass is 548 g/mol. The molecule has 3 aliphatic heterocycles. The van der Waals surface area contributed by atoms with Crippen molar-refractivity contribution in [3.8, 4) is 22.8 Å². The van der Waals surface area contributed by atoms with Crippen LogP contribution in [0.1, 0.15) is 24.8 Å². The summed E-state index contributed by atoms with van der Waals surface area (Å²) in [5, 5.41) is 3.29. The van der Waals surface area contributed by atoms with Crippen molar-refractivity contribution in [2.75, 3.05) is 50.8 Å². The van der Waals surface area contributed by atoms with Gasteiger partial charge >= 0.3 is 0 Å². The van der Waals surface area contributed by atoms with Crippen molar-refractivity contribution in [3.63, 3.8) is 0 Å². The second-order valence-electron chi connectivity index (χ2n) is 10.8. The van der Waals surface area contributed by atoms with Gasteiger partial charge in [-0.3, -0.25) is 4.79 Å². The van der Waals surface area contributed by atoms with Crippen molar-refractivity contribution in [2.24, 2.45) is 5.92 Å². The maximum absolute atomic E-state index is 14.7. The second-order valence-corrected chi connectivity index (χ2v) is 10.8. The molecule has 2 fully saturated rings. The molecule has 0 saturated carbocycles. The predicted molar refractivity (Wildman–Crippen MR) is 149 cm³/mol. The van der Waals surface area contributed by atoms with Gasteiger partial charge in [0.25, 0.3) is 0 Å². The predicted octanol–water partition coefficient (Wildman–Crippen LogP) is 4.45. The van der Waals surface area contributed by atoms with Gasteiger partial charge in [-0.2, -0.15) is 0 Å². The number of carbonyl (C=O) groups is 1. The van der Waals surface area contributed by atoms with Crippen molar-refractivity contribution in [2.45, 2.75) is 31.7 Å². The minimum Gasteiger partial charge on any atom is -0.486 e. The number of pyridine rings is 1. The Morgan fingerprint density at radius 2 is 1.82 bits per heavy atom. The van der Waals surface area contributed by atoms with Crippen LogP contribution in [0.4, 0.5) is 14.6 Å². The summed E-state index contributed by atoms with van der Waals surface area (Å²) in [5.74, 6) is 0.523. The van der Waals surface area contributed by atoms with Crippen LogP contribution in [-0.4, -0.2) is 67.8 Å². The molecule has 210 valence electrons. The number of benzene rings is 2. The summed E-state index contributed by atoms with van der Waals surface area (Å²) in [5.41, 5.74) is 2.39. The van der Waals surface area contributed by atoms with E-state index in [1.165, 1.54) is 18.2 Å². The van der Waals surface area contributed by atoms with Crippen molar-refractivity contribution in [1.82, 2.24) is 15.2 Å². The largest absolute Gasteiger partial charge is 0.486 e. The molecule has 1 N–H and O–H groups in total. The SMILES string of the molecule is O=C(NC(Cc1cc(F)c2c(c1)OCCO2)CN1CCCC1)C1CCN(c2cccc(-c3ccc(F)cc3)n2)C1. The van der Waals surface area contributed by atoms with E-state index in [9.17, 15) is 13.6 Å². The van der Waals surface area contributed by atoms with Crippen molar-refractivity contribution >= 4 is 11.7 Å². The van der Waals surface area contributed by atoms with Crippen LogP contribution < -0.4 is 19.7 Å². The molecule has 2 unspecified atom stereocenters. The number of ether oxygens (including phenoxy) is 2. The van der Waals surface area contributed by atoms with E-state index in [0.717, 1.165) is 68.1 Å². The topological polar surface area (TPSA) is 66.9 Å². The van der Waals surface area contributed by atoms with E-state index in [1.54, 1.807) is 12.1 Å². The number of fused-ring (bicyclic) bond motifs is 1. The van der Waals surface area contributed by atoms with Gasteiger partial charge in [-0.25, -0.2) is 13.8 Å². The first kappa shape index (κ1) is 26.5. The molecule has 3 aliphatic rings. The molecule has 0 aliphatic carbocycles. The number of hydrogen-bond acceptors (Lipinski definition) is 6. The molecule has 3 aromatic rings. The fraction of sp³-hybridized carbons (Fsp3) is 0.419. The van der Waals surface area contributed by atoms with Crippen LogP contribution in [0.5, 0.6) is 11.5 Å². The Labute approximate surface area is 233 Å². The molecule has 6 rings (SSSR count). The third-order valence-corrected chi connectivity index (χ3v) is 7.92. The zero-order valence-corrected chi connectivity index (χ0v) is 22.5. The summed E-state index contributed by atoms with van der Waals surface area (Å²) in [6, 6.07) is 15.3. The first-order valence-electron chi connectivity index (χ1n) is 14.1. The summed E-state index contributed by atoms with van der Waals surface area (Å²) >= 11 is 0. The lowest BCUT2D eigenvalue weighted by atomic mass is 10.0. The number of carbonyl (C=O) groups excluding carboxylic acids is 1. The maximum Gasteiger partial charge on any atom is 0.225 e. The minimum absolute atomic E-state index is 0.0133. The van der Waals surface area contributed by atoms with Crippen molar-refractivity contribution < 1.29 is 23.0 Å². The Morgan fingerprint density at radius 1 is 1.02 bits per heavy atom. The van der Waals surface area contributed by atoms with Crippen LogP contribution >= 0.6 is 0 Å². The van der Waals surface area contributed by atoms with Gasteiger partial charge in [-0.15, -0.1) is 0 Å². The fourth-order valence-corrected chi connectivity index (χ4v) is 5.89. The van der Waals surface area contributed by atoms with E-state index in [4.69, 9.17) is 14.5 Å². The summed E-state index contributed by atoms with van der Waals surface area (Å²) in [6.45, 7) is 4.76. The normalized spacial score (nSPS) is 19.6. The van der Waals surface area contributed by atoms with Gasteiger partial charge in [0.2, 0.25) is 5.91 Å². The lowest BCUT2D eigenvalue weighted by Crippen LogP contribution is -2.47. The van der Waals surface area contributed by atoms with E-state index in [2.05, 4.69) is 15.1 Å². The zero-order valence-electron chi connectivity index (χ0n) is 22.5. The molecule has 7 nitrogen and oxygen atoms in total. The zero-order chi connectivity index (χ0) is 27.5. The average molecular weight is 549 g/mol. The highest BCUT2D eigenvalue weighted by Gasteiger charge is 2.31. The van der Waals surface area contributed by atoms with Crippen molar-refractivity contribution in [3.05, 3.63) is 71.8 Å². The Balaban J connectivity index is 1.13. The lowest BCUT2D eigenvalue weighted by Gasteiger charge is -2.27. The number of amides is 1.